The monoisotopic (exact) mass is 291 g/mol. The topological polar surface area (TPSA) is 81.7 Å². The summed E-state index contributed by atoms with van der Waals surface area (Å²) in [5.74, 6) is -1.22. The van der Waals surface area contributed by atoms with Gasteiger partial charge in [-0.05, 0) is 19.1 Å². The van der Waals surface area contributed by atoms with Gasteiger partial charge < -0.3 is 15.7 Å². The minimum Gasteiger partial charge on any atom is -0.480 e. The normalized spacial score (nSPS) is 17.2. The van der Waals surface area contributed by atoms with Crippen LogP contribution >= 0.6 is 0 Å². The molecule has 0 radical (unpaired) electrons. The van der Waals surface area contributed by atoms with Gasteiger partial charge in [-0.25, -0.2) is 0 Å². The minimum atomic E-state index is -0.948. The number of aryl methyl sites for hydroxylation is 1. The van der Waals surface area contributed by atoms with Crippen LogP contribution in [-0.4, -0.2) is 54.1 Å². The number of aliphatic carboxylic acids is 1. The number of hydrogen-bond acceptors (Lipinski definition) is 4. The molecule has 1 aliphatic rings. The van der Waals surface area contributed by atoms with E-state index in [1.165, 1.54) is 0 Å². The molecule has 2 rings (SSSR count). The number of nitrogens with one attached hydrogen (secondary N) is 2. The van der Waals surface area contributed by atoms with Crippen LogP contribution in [0.2, 0.25) is 0 Å². The number of piperazine rings is 1. The molecule has 1 aromatic carbocycles. The van der Waals surface area contributed by atoms with Gasteiger partial charge in [0, 0.05) is 31.9 Å². The highest BCUT2D eigenvalue weighted by Gasteiger charge is 2.28. The van der Waals surface area contributed by atoms with E-state index < -0.39 is 12.0 Å². The van der Waals surface area contributed by atoms with Gasteiger partial charge >= 0.3 is 5.97 Å². The SMILES string of the molecule is Cc1ccc(NC(=O)CC(C(=O)O)N2CCNCC2)cc1. The van der Waals surface area contributed by atoms with Gasteiger partial charge in [0.2, 0.25) is 5.91 Å². The van der Waals surface area contributed by atoms with Crippen molar-refractivity contribution in [1.29, 1.82) is 0 Å². The maximum absolute atomic E-state index is 12.0. The van der Waals surface area contributed by atoms with E-state index in [2.05, 4.69) is 10.6 Å². The lowest BCUT2D eigenvalue weighted by molar-refractivity contribution is -0.145. The second kappa shape index (κ2) is 7.19. The highest BCUT2D eigenvalue weighted by atomic mass is 16.4. The minimum absolute atomic E-state index is 0.0385. The fourth-order valence-electron chi connectivity index (χ4n) is 2.39. The van der Waals surface area contributed by atoms with Crippen LogP contribution in [0.1, 0.15) is 12.0 Å². The summed E-state index contributed by atoms with van der Waals surface area (Å²) in [5.41, 5.74) is 1.80. The van der Waals surface area contributed by atoms with Gasteiger partial charge in [-0.1, -0.05) is 17.7 Å². The van der Waals surface area contributed by atoms with Crippen LogP contribution in [0.25, 0.3) is 0 Å². The Kier molecular flexibility index (Phi) is 5.30. The number of carboxylic acid groups (broad SMARTS) is 1. The third kappa shape index (κ3) is 4.54. The maximum Gasteiger partial charge on any atom is 0.321 e. The molecular formula is C15H21N3O3. The molecule has 1 amide bonds. The predicted octanol–water partition coefficient (Wildman–Crippen LogP) is 0.682. The summed E-state index contributed by atoms with van der Waals surface area (Å²) in [7, 11) is 0. The van der Waals surface area contributed by atoms with Gasteiger partial charge in [0.25, 0.3) is 0 Å². The van der Waals surface area contributed by atoms with Crippen LogP contribution in [0.15, 0.2) is 24.3 Å². The van der Waals surface area contributed by atoms with E-state index in [0.29, 0.717) is 18.8 Å². The van der Waals surface area contributed by atoms with Gasteiger partial charge in [0.1, 0.15) is 6.04 Å². The molecule has 1 aromatic rings. The van der Waals surface area contributed by atoms with Crippen molar-refractivity contribution >= 4 is 17.6 Å². The first kappa shape index (κ1) is 15.5. The zero-order valence-corrected chi connectivity index (χ0v) is 12.1. The lowest BCUT2D eigenvalue weighted by Crippen LogP contribution is -2.52. The Labute approximate surface area is 124 Å². The number of anilines is 1. The zero-order valence-electron chi connectivity index (χ0n) is 12.1. The molecule has 1 unspecified atom stereocenters. The number of nitrogens with zero attached hydrogens (tertiary/aromatic N) is 1. The van der Waals surface area contributed by atoms with Gasteiger partial charge in [-0.15, -0.1) is 0 Å². The molecule has 0 saturated carbocycles. The van der Waals surface area contributed by atoms with Crippen molar-refractivity contribution in [2.24, 2.45) is 0 Å². The Morgan fingerprint density at radius 1 is 1.29 bits per heavy atom. The highest BCUT2D eigenvalue weighted by molar-refractivity contribution is 5.94. The molecule has 0 aliphatic carbocycles. The number of rotatable bonds is 5. The summed E-state index contributed by atoms with van der Waals surface area (Å²) in [6.45, 7) is 4.77. The van der Waals surface area contributed by atoms with E-state index in [9.17, 15) is 14.7 Å². The van der Waals surface area contributed by atoms with Crippen molar-refractivity contribution in [2.75, 3.05) is 31.5 Å². The molecule has 6 heteroatoms. The third-order valence-corrected chi connectivity index (χ3v) is 3.59. The predicted molar refractivity (Wildman–Crippen MR) is 80.3 cm³/mol. The molecule has 1 fully saturated rings. The van der Waals surface area contributed by atoms with Crippen LogP contribution in [0.4, 0.5) is 5.69 Å². The number of hydrogen-bond donors (Lipinski definition) is 3. The van der Waals surface area contributed by atoms with E-state index in [1.54, 1.807) is 0 Å². The maximum atomic E-state index is 12.0. The molecule has 0 spiro atoms. The lowest BCUT2D eigenvalue weighted by atomic mass is 10.1. The first-order chi connectivity index (χ1) is 10.1. The van der Waals surface area contributed by atoms with Crippen molar-refractivity contribution in [2.45, 2.75) is 19.4 Å². The molecular weight excluding hydrogens is 270 g/mol. The third-order valence-electron chi connectivity index (χ3n) is 3.59. The molecule has 0 aromatic heterocycles. The Morgan fingerprint density at radius 2 is 1.90 bits per heavy atom. The molecule has 1 atom stereocenters. The highest BCUT2D eigenvalue weighted by Crippen LogP contribution is 2.12. The smallest absolute Gasteiger partial charge is 0.321 e. The molecule has 1 aliphatic heterocycles. The van der Waals surface area contributed by atoms with Crippen LogP contribution in [-0.2, 0) is 9.59 Å². The fourth-order valence-corrected chi connectivity index (χ4v) is 2.39. The fraction of sp³-hybridized carbons (Fsp3) is 0.467. The van der Waals surface area contributed by atoms with Gasteiger partial charge in [-0.3, -0.25) is 14.5 Å². The van der Waals surface area contributed by atoms with Gasteiger partial charge in [0.05, 0.1) is 6.42 Å². The van der Waals surface area contributed by atoms with E-state index in [4.69, 9.17) is 0 Å². The Morgan fingerprint density at radius 3 is 2.48 bits per heavy atom. The number of carbonyl (C=O) groups excluding carboxylic acids is 1. The van der Waals surface area contributed by atoms with Crippen molar-refractivity contribution in [1.82, 2.24) is 10.2 Å². The summed E-state index contributed by atoms with van der Waals surface area (Å²) < 4.78 is 0. The second-order valence-electron chi connectivity index (χ2n) is 5.26. The lowest BCUT2D eigenvalue weighted by Gasteiger charge is -2.32. The van der Waals surface area contributed by atoms with Crippen molar-refractivity contribution < 1.29 is 14.7 Å². The summed E-state index contributed by atoms with van der Waals surface area (Å²) in [5, 5.41) is 15.3. The Bertz CT molecular complexity index is 495. The van der Waals surface area contributed by atoms with E-state index in [-0.39, 0.29) is 12.3 Å². The Hall–Kier alpha value is -1.92. The molecule has 21 heavy (non-hydrogen) atoms. The van der Waals surface area contributed by atoms with E-state index in [0.717, 1.165) is 18.7 Å². The quantitative estimate of drug-likeness (QED) is 0.743. The second-order valence-corrected chi connectivity index (χ2v) is 5.26. The molecule has 6 nitrogen and oxygen atoms in total. The van der Waals surface area contributed by atoms with Crippen molar-refractivity contribution in [3.63, 3.8) is 0 Å². The number of amides is 1. The number of carboxylic acids is 1. The number of benzene rings is 1. The van der Waals surface area contributed by atoms with Crippen LogP contribution in [0, 0.1) is 6.92 Å². The molecule has 114 valence electrons. The van der Waals surface area contributed by atoms with E-state index >= 15 is 0 Å². The Balaban J connectivity index is 1.94. The standard InChI is InChI=1S/C15H21N3O3/c1-11-2-4-12(5-3-11)17-14(19)10-13(15(20)21)18-8-6-16-7-9-18/h2-5,13,16H,6-10H2,1H3,(H,17,19)(H,20,21). The summed E-state index contributed by atoms with van der Waals surface area (Å²) in [6.07, 6.45) is -0.0385. The largest absolute Gasteiger partial charge is 0.480 e. The molecule has 0 bridgehead atoms. The molecule has 1 heterocycles. The van der Waals surface area contributed by atoms with Gasteiger partial charge in [0.15, 0.2) is 0 Å². The van der Waals surface area contributed by atoms with E-state index in [1.807, 2.05) is 36.1 Å². The number of carbonyl (C=O) groups is 2. The first-order valence-electron chi connectivity index (χ1n) is 7.10. The summed E-state index contributed by atoms with van der Waals surface area (Å²) in [4.78, 5) is 25.3. The van der Waals surface area contributed by atoms with Crippen LogP contribution in [0.3, 0.4) is 0 Å². The van der Waals surface area contributed by atoms with Crippen LogP contribution in [0.5, 0.6) is 0 Å². The van der Waals surface area contributed by atoms with Crippen LogP contribution < -0.4 is 10.6 Å². The van der Waals surface area contributed by atoms with Crippen molar-refractivity contribution in [3.8, 4) is 0 Å². The molecule has 1 saturated heterocycles. The molecule has 3 N–H and O–H groups in total. The summed E-state index contributed by atoms with van der Waals surface area (Å²) >= 11 is 0. The first-order valence-corrected chi connectivity index (χ1v) is 7.10. The summed E-state index contributed by atoms with van der Waals surface area (Å²) in [6, 6.07) is 6.67. The van der Waals surface area contributed by atoms with Crippen molar-refractivity contribution in [3.05, 3.63) is 29.8 Å². The zero-order chi connectivity index (χ0) is 15.2. The van der Waals surface area contributed by atoms with Gasteiger partial charge in [-0.2, -0.15) is 0 Å². The average molecular weight is 291 g/mol. The average Bonchev–Trinajstić information content (AvgIpc) is 2.48.